The summed E-state index contributed by atoms with van der Waals surface area (Å²) in [5.41, 5.74) is 26.7. The zero-order valence-corrected chi connectivity index (χ0v) is 82.3. The lowest BCUT2D eigenvalue weighted by molar-refractivity contribution is -0.116. The van der Waals surface area contributed by atoms with Gasteiger partial charge in [-0.15, -0.1) is 0 Å². The average Bonchev–Trinajstić information content (AvgIpc) is 1.69. The fourth-order valence-corrected chi connectivity index (χ4v) is 19.0. The number of likely N-dealkylation sites (N-methyl/N-ethyl adjacent to an activating group) is 2. The first kappa shape index (κ1) is 97.1. The molecule has 3 aliphatic rings. The molecule has 145 heavy (non-hydrogen) atoms. The molecule has 0 bridgehead atoms. The fourth-order valence-electron chi connectivity index (χ4n) is 18.4. The van der Waals surface area contributed by atoms with Gasteiger partial charge in [-0.25, -0.2) is 57.4 Å². The summed E-state index contributed by atoms with van der Waals surface area (Å²) < 4.78 is 70.2. The molecule has 23 rings (SSSR count). The van der Waals surface area contributed by atoms with Crippen LogP contribution in [0.15, 0.2) is 329 Å². The van der Waals surface area contributed by atoms with E-state index < -0.39 is 11.6 Å². The quantitative estimate of drug-likeness (QED) is 0.0691. The van der Waals surface area contributed by atoms with Gasteiger partial charge >= 0.3 is 0 Å². The van der Waals surface area contributed by atoms with Gasteiger partial charge in [-0.2, -0.15) is 0 Å². The van der Waals surface area contributed by atoms with Gasteiger partial charge in [0.05, 0.1) is 36.0 Å². The largest absolute Gasteiger partial charge is 0.492 e. The van der Waals surface area contributed by atoms with Crippen LogP contribution < -0.4 is 9.64 Å². The Morgan fingerprint density at radius 2 is 0.731 bits per heavy atom. The third-order valence-corrected chi connectivity index (χ3v) is 26.8. The Morgan fingerprint density at radius 3 is 1.12 bits per heavy atom. The number of fused-ring (bicyclic) bond motifs is 6. The first-order chi connectivity index (χ1) is 70.6. The van der Waals surface area contributed by atoms with E-state index in [0.717, 1.165) is 199 Å². The molecule has 0 atom stereocenters. The van der Waals surface area contributed by atoms with E-state index in [2.05, 4.69) is 168 Å². The van der Waals surface area contributed by atoms with Gasteiger partial charge in [0.1, 0.15) is 35.6 Å². The van der Waals surface area contributed by atoms with Crippen LogP contribution in [0.4, 0.5) is 23.2 Å². The monoisotopic (exact) mass is 2000 g/mol. The van der Waals surface area contributed by atoms with Gasteiger partial charge in [-0.1, -0.05) is 101 Å². The van der Waals surface area contributed by atoms with Gasteiger partial charge in [0.15, 0.2) is 22.6 Å². The fraction of sp³-hybridized carbons (Fsp3) is 0.144. The number of hydrogen-bond donors (Lipinski definition) is 0. The third-order valence-electron chi connectivity index (χ3n) is 25.9. The number of ether oxygens (including phenoxy) is 2. The molecular formula is C118H92Cl4F4N16O3. The van der Waals surface area contributed by atoms with E-state index >= 15 is 0 Å². The van der Waals surface area contributed by atoms with Crippen LogP contribution in [0, 0.1) is 23.3 Å². The molecule has 1 amide bonds. The van der Waals surface area contributed by atoms with Crippen LogP contribution in [0.25, 0.3) is 178 Å². The predicted molar refractivity (Wildman–Crippen MR) is 571 cm³/mol. The zero-order chi connectivity index (χ0) is 99.7. The molecule has 3 aliphatic heterocycles. The van der Waals surface area contributed by atoms with Crippen molar-refractivity contribution in [2.75, 3.05) is 85.1 Å². The molecule has 8 aromatic carbocycles. The smallest absolute Gasteiger partial charge is 0.223 e. The number of pyridine rings is 12. The summed E-state index contributed by atoms with van der Waals surface area (Å²) in [5, 5.41) is 5.21. The van der Waals surface area contributed by atoms with Gasteiger partial charge in [-0.3, -0.25) is 29.6 Å². The number of carbonyl (C=O) groups is 1. The van der Waals surface area contributed by atoms with E-state index in [0.29, 0.717) is 101 Å². The standard InChI is InChI=1S/C31H26ClFN4O2.C29H20ClFN4O.C29H22ClFN4.C29H24ClFN4/c32-24-5-8-29(33)28(17-24)30-18-27(26-2-1-9-35-31(26)36-30)23-16-22(19-34-20-23)21-3-6-25(7-4-21)39-15-12-37-10-13-38-14-11-37;1-17(36)35-10-8-19-11-18(4-7-28(19)35)20-12-21(16-32-15-20)24-14-27(25-13-22(30)5-6-26(25)31)34-29-23(24)3-2-9-33-29;1-35-10-8-18-4-5-19(11-22(18)17-35)20-12-21(16-32-15-20)25-14-28(26-13-23(30)6-7-27(26)31)34-29-24(25)3-2-9-33-29;1-35(2)13-11-19-5-7-20(8-6-19)21-14-22(18-32-17-21)25-16-28(26-15-23(30)9-10-27(26)31)34-29-24(25)4-3-12-33-29/h1-9,16-20H,10-15H2;2-7,9,11-16H,8,10H2,1H3;2-7,9,11-16H,8,10,17H2,1H3;3-10,12,14-18H,11,13H2,1-2H3. The highest BCUT2D eigenvalue weighted by Gasteiger charge is 2.26. The predicted octanol–water partition coefficient (Wildman–Crippen LogP) is 27.0. The highest BCUT2D eigenvalue weighted by Crippen LogP contribution is 2.43. The normalized spacial score (nSPS) is 13.0. The van der Waals surface area contributed by atoms with Crippen LogP contribution in [0.1, 0.15) is 29.2 Å². The van der Waals surface area contributed by atoms with Crippen LogP contribution in [0.2, 0.25) is 20.1 Å². The van der Waals surface area contributed by atoms with Gasteiger partial charge < -0.3 is 24.2 Å². The van der Waals surface area contributed by atoms with Crippen LogP contribution in [-0.2, 0) is 35.3 Å². The second kappa shape index (κ2) is 43.8. The van der Waals surface area contributed by atoms with Crippen LogP contribution in [-0.4, -0.2) is 161 Å². The molecular weight excluding hydrogens is 1910 g/mol. The summed E-state index contributed by atoms with van der Waals surface area (Å²) in [7, 11) is 6.31. The number of nitrogens with zero attached hydrogens (tertiary/aromatic N) is 16. The Hall–Kier alpha value is -15.4. The first-order valence-electron chi connectivity index (χ1n) is 47.3. The lowest BCUT2D eigenvalue weighted by Crippen LogP contribution is -2.38. The van der Waals surface area contributed by atoms with Crippen molar-refractivity contribution in [1.82, 2.24) is 74.5 Å². The molecule has 0 radical (unpaired) electrons. The summed E-state index contributed by atoms with van der Waals surface area (Å²) in [4.78, 5) is 74.9. The van der Waals surface area contributed by atoms with Crippen molar-refractivity contribution in [1.29, 1.82) is 0 Å². The van der Waals surface area contributed by atoms with E-state index in [1.165, 1.54) is 65.2 Å². The van der Waals surface area contributed by atoms with Crippen LogP contribution >= 0.6 is 46.4 Å². The van der Waals surface area contributed by atoms with Crippen molar-refractivity contribution < 1.29 is 31.8 Å². The lowest BCUT2D eigenvalue weighted by atomic mass is 9.94. The second-order valence-electron chi connectivity index (χ2n) is 35.9. The zero-order valence-electron chi connectivity index (χ0n) is 79.3. The van der Waals surface area contributed by atoms with Gasteiger partial charge in [0.25, 0.3) is 0 Å². The van der Waals surface area contributed by atoms with E-state index in [1.54, 1.807) is 73.3 Å². The van der Waals surface area contributed by atoms with Gasteiger partial charge in [-0.05, 0) is 307 Å². The maximum absolute atomic E-state index is 14.7. The maximum atomic E-state index is 14.7. The Labute approximate surface area is 855 Å². The van der Waals surface area contributed by atoms with Gasteiger partial charge in [0, 0.05) is 241 Å². The summed E-state index contributed by atoms with van der Waals surface area (Å²) in [5.74, 6) is -0.686. The molecule has 1 saturated heterocycles. The molecule has 15 heterocycles. The van der Waals surface area contributed by atoms with Crippen molar-refractivity contribution >= 4 is 102 Å². The van der Waals surface area contributed by atoms with Crippen molar-refractivity contribution in [3.8, 4) is 140 Å². The summed E-state index contributed by atoms with van der Waals surface area (Å²) in [6.45, 7) is 10.3. The molecule has 0 unspecified atom stereocenters. The van der Waals surface area contributed by atoms with E-state index in [9.17, 15) is 22.4 Å². The Kier molecular flexibility index (Phi) is 29.3. The topological polar surface area (TPSA) is 203 Å². The lowest BCUT2D eigenvalue weighted by Gasteiger charge is -2.26. The number of amides is 1. The number of benzene rings is 8. The SMILES string of the molecule is CC(=O)N1CCc2cc(-c3cncc(-c4cc(-c5cc(Cl)ccc5F)nc5ncccc45)c3)ccc21.CN(C)CCc1ccc(-c2cncc(-c3cc(-c4cc(Cl)ccc4F)nc4ncccc34)c2)cc1.CN1CCc2ccc(-c3cncc(-c4cc(-c5cc(Cl)ccc5F)nc5ncccc45)c3)cc2C1.Fc1ccc(Cl)cc1-c1cc(-c2cncc(-c3ccc(OCCN4CCOCC4)cc3)c2)c2cccnc2n1. The molecule has 20 aromatic rings. The Bertz CT molecular complexity index is 8280. The molecule has 0 saturated carbocycles. The second-order valence-corrected chi connectivity index (χ2v) is 37.6. The summed E-state index contributed by atoms with van der Waals surface area (Å²) in [6.07, 6.45) is 24.2. The van der Waals surface area contributed by atoms with E-state index in [4.69, 9.17) is 55.9 Å². The number of hydrogen-bond acceptors (Lipinski definition) is 18. The average molecular weight is 2000 g/mol. The molecule has 718 valence electrons. The number of morpholine rings is 1. The van der Waals surface area contributed by atoms with Crippen molar-refractivity contribution in [3.05, 3.63) is 395 Å². The maximum Gasteiger partial charge on any atom is 0.223 e. The Morgan fingerprint density at radius 1 is 0.372 bits per heavy atom. The molecule has 0 aliphatic carbocycles. The number of rotatable bonds is 19. The molecule has 0 N–H and O–H groups in total. The summed E-state index contributed by atoms with van der Waals surface area (Å²) in [6, 6.07) is 78.4. The number of anilines is 1. The van der Waals surface area contributed by atoms with Crippen molar-refractivity contribution in [3.63, 3.8) is 0 Å². The van der Waals surface area contributed by atoms with Crippen LogP contribution in [0.5, 0.6) is 5.75 Å². The highest BCUT2D eigenvalue weighted by atomic mass is 35.5. The van der Waals surface area contributed by atoms with Gasteiger partial charge in [0.2, 0.25) is 5.91 Å². The number of aromatic nitrogens is 12. The van der Waals surface area contributed by atoms with E-state index in [-0.39, 0.29) is 17.5 Å². The summed E-state index contributed by atoms with van der Waals surface area (Å²) >= 11 is 24.6. The minimum Gasteiger partial charge on any atom is -0.492 e. The first-order valence-corrected chi connectivity index (χ1v) is 48.8. The van der Waals surface area contributed by atoms with Crippen LogP contribution in [0.3, 0.4) is 0 Å². The van der Waals surface area contributed by atoms with Crippen molar-refractivity contribution in [2.24, 2.45) is 0 Å². The number of halogens is 8. The molecule has 12 aromatic heterocycles. The third kappa shape index (κ3) is 22.4. The minimum atomic E-state index is -0.405. The number of carbonyl (C=O) groups excluding carboxylic acids is 1. The molecule has 0 spiro atoms. The highest BCUT2D eigenvalue weighted by molar-refractivity contribution is 6.32. The van der Waals surface area contributed by atoms with Crippen molar-refractivity contribution in [2.45, 2.75) is 32.7 Å². The Balaban J connectivity index is 0.000000118. The van der Waals surface area contributed by atoms with E-state index in [1.807, 2.05) is 146 Å². The molecule has 19 nitrogen and oxygen atoms in total. The minimum absolute atomic E-state index is 0.0512. The molecule has 1 fully saturated rings. The molecule has 27 heteroatoms.